The van der Waals surface area contributed by atoms with Crippen LogP contribution in [-0.4, -0.2) is 50.1 Å². The molecule has 170 valence electrons. The van der Waals surface area contributed by atoms with Gasteiger partial charge in [0.1, 0.15) is 17.7 Å². The van der Waals surface area contributed by atoms with Crippen molar-refractivity contribution in [1.82, 2.24) is 0 Å². The molecule has 0 spiro atoms. The molecule has 1 rings (SSSR count). The Labute approximate surface area is 182 Å². The van der Waals surface area contributed by atoms with Gasteiger partial charge >= 0.3 is 12.1 Å². The van der Waals surface area contributed by atoms with Crippen molar-refractivity contribution in [3.8, 4) is 0 Å². The number of nitrogens with one attached hydrogen (secondary N) is 1. The Morgan fingerprint density at radius 1 is 1.10 bits per heavy atom. The lowest BCUT2D eigenvalue weighted by Crippen LogP contribution is -2.37. The molecule has 0 bridgehead atoms. The monoisotopic (exact) mass is 459 g/mol. The number of carbonyl (C=O) groups is 2. The van der Waals surface area contributed by atoms with E-state index in [2.05, 4.69) is 5.32 Å². The Morgan fingerprint density at radius 3 is 2.23 bits per heavy atom. The summed E-state index contributed by atoms with van der Waals surface area (Å²) in [6, 6.07) is 3.92. The number of benzene rings is 1. The summed E-state index contributed by atoms with van der Waals surface area (Å²) in [7, 11) is -1.30. The highest BCUT2D eigenvalue weighted by molar-refractivity contribution is 6.26. The van der Waals surface area contributed by atoms with Gasteiger partial charge in [-0.2, -0.15) is 0 Å². The molecule has 0 aliphatic rings. The van der Waals surface area contributed by atoms with Gasteiger partial charge in [-0.1, -0.05) is 33.0 Å². The highest BCUT2D eigenvalue weighted by atomic mass is 28.2. The van der Waals surface area contributed by atoms with E-state index in [0.29, 0.717) is 6.42 Å². The number of para-hydroxylation sites is 1. The molecule has 1 N–H and O–H groups in total. The third-order valence-electron chi connectivity index (χ3n) is 4.11. The van der Waals surface area contributed by atoms with Crippen molar-refractivity contribution in [2.45, 2.75) is 66.0 Å². The third-order valence-corrected chi connectivity index (χ3v) is 5.39. The van der Waals surface area contributed by atoms with E-state index in [1.54, 1.807) is 20.8 Å². The van der Waals surface area contributed by atoms with Gasteiger partial charge in [-0.3, -0.25) is 5.32 Å². The average Bonchev–Trinajstić information content (AvgIpc) is 2.61. The maximum Gasteiger partial charge on any atom is 0.412 e. The summed E-state index contributed by atoms with van der Waals surface area (Å²) in [6.45, 7) is 13.2. The first kappa shape index (κ1) is 26.3. The molecule has 0 saturated heterocycles. The van der Waals surface area contributed by atoms with E-state index in [0.717, 1.165) is 6.07 Å². The highest BCUT2D eigenvalue weighted by Gasteiger charge is 2.31. The van der Waals surface area contributed by atoms with Gasteiger partial charge < -0.3 is 18.3 Å². The summed E-state index contributed by atoms with van der Waals surface area (Å²) < 4.78 is 36.4. The van der Waals surface area contributed by atoms with Crippen LogP contribution in [-0.2, 0) is 18.3 Å². The van der Waals surface area contributed by atoms with E-state index in [1.165, 1.54) is 12.1 Å². The second-order valence-corrected chi connectivity index (χ2v) is 10.2. The van der Waals surface area contributed by atoms with Crippen molar-refractivity contribution in [1.29, 1.82) is 0 Å². The first-order valence-electron chi connectivity index (χ1n) is 10.1. The summed E-state index contributed by atoms with van der Waals surface area (Å²) in [5.41, 5.74) is -1.45. The standard InChI is InChI=1S/C20H34FNO6Si2/c1-19(2,3)26-18(24)22-15-13(9-8-10-14(15)21)16(23)25-12-11-20(4,5)17(27-29-6)28-30-7/h8-10,17H,11-12,29-30H2,1-7H3,(H,22,24). The van der Waals surface area contributed by atoms with Crippen molar-refractivity contribution in [3.05, 3.63) is 29.6 Å². The van der Waals surface area contributed by atoms with E-state index in [9.17, 15) is 14.0 Å². The zero-order valence-corrected chi connectivity index (χ0v) is 21.8. The second kappa shape index (κ2) is 11.6. The Hall–Kier alpha value is -1.76. The maximum absolute atomic E-state index is 14.3. The lowest BCUT2D eigenvalue weighted by atomic mass is 9.89. The number of hydrogen-bond donors (Lipinski definition) is 1. The van der Waals surface area contributed by atoms with Gasteiger partial charge in [0.25, 0.3) is 0 Å². The molecule has 1 aromatic rings. The van der Waals surface area contributed by atoms with Gasteiger partial charge in [0, 0.05) is 5.41 Å². The average molecular weight is 460 g/mol. The van der Waals surface area contributed by atoms with Crippen LogP contribution in [0.25, 0.3) is 0 Å². The number of halogens is 1. The summed E-state index contributed by atoms with van der Waals surface area (Å²) in [4.78, 5) is 24.6. The van der Waals surface area contributed by atoms with Crippen LogP contribution in [0.2, 0.25) is 13.1 Å². The minimum atomic E-state index is -0.854. The van der Waals surface area contributed by atoms with Crippen LogP contribution in [0.3, 0.4) is 0 Å². The SMILES string of the molecule is C[SiH2]OC(O[SiH2]C)C(C)(C)CCOC(=O)c1cccc(F)c1NC(=O)OC(C)(C)C. The normalized spacial score (nSPS) is 13.7. The fourth-order valence-corrected chi connectivity index (χ4v) is 4.52. The largest absolute Gasteiger partial charge is 0.462 e. The van der Waals surface area contributed by atoms with Crippen molar-refractivity contribution >= 4 is 37.3 Å². The smallest absolute Gasteiger partial charge is 0.412 e. The molecule has 0 saturated carbocycles. The van der Waals surface area contributed by atoms with Crippen LogP contribution in [0.5, 0.6) is 0 Å². The van der Waals surface area contributed by atoms with E-state index >= 15 is 0 Å². The van der Waals surface area contributed by atoms with E-state index in [4.69, 9.17) is 18.3 Å². The van der Waals surface area contributed by atoms with Gasteiger partial charge in [-0.15, -0.1) is 0 Å². The minimum Gasteiger partial charge on any atom is -0.462 e. The first-order valence-corrected chi connectivity index (χ1v) is 14.1. The second-order valence-electron chi connectivity index (χ2n) is 8.41. The summed E-state index contributed by atoms with van der Waals surface area (Å²) in [5.74, 6) is -1.48. The number of amides is 1. The number of ether oxygens (including phenoxy) is 2. The Bertz CT molecular complexity index is 718. The van der Waals surface area contributed by atoms with Crippen molar-refractivity contribution in [2.24, 2.45) is 5.41 Å². The molecule has 30 heavy (non-hydrogen) atoms. The maximum atomic E-state index is 14.3. The Balaban J connectivity index is 2.82. The van der Waals surface area contributed by atoms with Crippen molar-refractivity contribution < 1.29 is 32.3 Å². The zero-order chi connectivity index (χ0) is 22.9. The Kier molecular flexibility index (Phi) is 10.1. The van der Waals surface area contributed by atoms with Crippen molar-refractivity contribution in [2.75, 3.05) is 11.9 Å². The molecule has 1 aromatic carbocycles. The van der Waals surface area contributed by atoms with Gasteiger partial charge in [0.05, 0.1) is 17.9 Å². The van der Waals surface area contributed by atoms with E-state index < -0.39 is 43.0 Å². The lowest BCUT2D eigenvalue weighted by molar-refractivity contribution is -0.0874. The van der Waals surface area contributed by atoms with Crippen LogP contribution in [0.4, 0.5) is 14.9 Å². The van der Waals surface area contributed by atoms with Crippen LogP contribution >= 0.6 is 0 Å². The van der Waals surface area contributed by atoms with E-state index in [-0.39, 0.29) is 29.6 Å². The van der Waals surface area contributed by atoms with Gasteiger partial charge in [0.15, 0.2) is 19.5 Å². The number of anilines is 1. The highest BCUT2D eigenvalue weighted by Crippen LogP contribution is 2.29. The molecular formula is C20H34FNO6Si2. The fraction of sp³-hybridized carbons (Fsp3) is 0.600. The van der Waals surface area contributed by atoms with Crippen LogP contribution < -0.4 is 5.32 Å². The molecule has 0 radical (unpaired) electrons. The molecule has 10 heteroatoms. The molecule has 0 fully saturated rings. The molecule has 0 unspecified atom stereocenters. The number of carbonyl (C=O) groups excluding carboxylic acids is 2. The zero-order valence-electron chi connectivity index (χ0n) is 19.0. The van der Waals surface area contributed by atoms with Gasteiger partial charge in [-0.25, -0.2) is 14.0 Å². The Morgan fingerprint density at radius 2 is 1.70 bits per heavy atom. The van der Waals surface area contributed by atoms with E-state index in [1.807, 2.05) is 26.9 Å². The van der Waals surface area contributed by atoms with Gasteiger partial charge in [-0.05, 0) is 39.3 Å². The molecule has 0 heterocycles. The van der Waals surface area contributed by atoms with Crippen LogP contribution in [0.15, 0.2) is 18.2 Å². The van der Waals surface area contributed by atoms with Crippen LogP contribution in [0.1, 0.15) is 51.4 Å². The van der Waals surface area contributed by atoms with Crippen molar-refractivity contribution in [3.63, 3.8) is 0 Å². The lowest BCUT2D eigenvalue weighted by Gasteiger charge is -2.34. The first-order chi connectivity index (χ1) is 13.9. The molecule has 0 aliphatic carbocycles. The molecule has 0 atom stereocenters. The van der Waals surface area contributed by atoms with Crippen LogP contribution in [0, 0.1) is 11.2 Å². The summed E-state index contributed by atoms with van der Waals surface area (Å²) in [5, 5.41) is 2.31. The number of esters is 1. The molecule has 0 aromatic heterocycles. The fourth-order valence-electron chi connectivity index (χ4n) is 2.63. The molecule has 0 aliphatic heterocycles. The quantitative estimate of drug-likeness (QED) is 0.328. The number of rotatable bonds is 10. The molecule has 1 amide bonds. The molecule has 7 nitrogen and oxygen atoms in total. The third kappa shape index (κ3) is 8.54. The predicted molar refractivity (Wildman–Crippen MR) is 120 cm³/mol. The number of hydrogen-bond acceptors (Lipinski definition) is 6. The topological polar surface area (TPSA) is 83.1 Å². The predicted octanol–water partition coefficient (Wildman–Crippen LogP) is 3.37. The molecular weight excluding hydrogens is 425 g/mol. The summed E-state index contributed by atoms with van der Waals surface area (Å²) >= 11 is 0. The minimum absolute atomic E-state index is 0.0790. The van der Waals surface area contributed by atoms with Gasteiger partial charge in [0.2, 0.25) is 0 Å². The summed E-state index contributed by atoms with van der Waals surface area (Å²) in [6.07, 6.45) is -0.661.